The number of pyridine rings is 1. The van der Waals surface area contributed by atoms with E-state index in [9.17, 15) is 9.59 Å². The minimum absolute atomic E-state index is 0.0651. The van der Waals surface area contributed by atoms with Crippen LogP contribution in [0.3, 0.4) is 0 Å². The monoisotopic (exact) mass is 326 g/mol. The van der Waals surface area contributed by atoms with Gasteiger partial charge in [0, 0.05) is 24.2 Å². The molecule has 2 aliphatic carbocycles. The van der Waals surface area contributed by atoms with Gasteiger partial charge in [-0.25, -0.2) is 0 Å². The Kier molecular flexibility index (Phi) is 4.00. The summed E-state index contributed by atoms with van der Waals surface area (Å²) in [6.45, 7) is 0.0651. The highest BCUT2D eigenvalue weighted by atomic mass is 16.5. The number of ether oxygens (including phenoxy) is 1. The minimum atomic E-state index is -0.142. The lowest BCUT2D eigenvalue weighted by atomic mass is 10.2. The summed E-state index contributed by atoms with van der Waals surface area (Å²) < 4.78 is 5.72. The van der Waals surface area contributed by atoms with Crippen LogP contribution >= 0.6 is 0 Å². The second kappa shape index (κ2) is 6.30. The second-order valence-electron chi connectivity index (χ2n) is 6.83. The van der Waals surface area contributed by atoms with Crippen molar-refractivity contribution in [2.45, 2.75) is 50.6 Å². The molecule has 0 aliphatic heterocycles. The smallest absolute Gasteiger partial charge is 0.261 e. The molecule has 24 heavy (non-hydrogen) atoms. The normalized spacial score (nSPS) is 18.0. The summed E-state index contributed by atoms with van der Waals surface area (Å²) in [7, 11) is 0. The number of hydrogen-bond donors (Lipinski definition) is 1. The maximum absolute atomic E-state index is 12.6. The maximum atomic E-state index is 12.6. The van der Waals surface area contributed by atoms with Crippen LogP contribution in [-0.2, 0) is 4.79 Å². The van der Waals surface area contributed by atoms with Crippen LogP contribution in [0.5, 0.6) is 5.75 Å². The molecule has 2 aromatic rings. The van der Waals surface area contributed by atoms with Crippen LogP contribution in [0.2, 0.25) is 0 Å². The third-order valence-corrected chi connectivity index (χ3v) is 5.01. The number of rotatable bonds is 5. The molecule has 1 aromatic heterocycles. The van der Waals surface area contributed by atoms with Crippen molar-refractivity contribution in [1.29, 1.82) is 0 Å². The Hall–Kier alpha value is -2.30. The molecule has 2 aliphatic rings. The van der Waals surface area contributed by atoms with Gasteiger partial charge >= 0.3 is 0 Å². The molecule has 126 valence electrons. The number of amides is 1. The molecule has 1 aromatic carbocycles. The molecular formula is C19H22N2O3. The molecule has 0 atom stereocenters. The van der Waals surface area contributed by atoms with E-state index in [1.54, 1.807) is 12.1 Å². The van der Waals surface area contributed by atoms with Gasteiger partial charge in [-0.05, 0) is 49.3 Å². The zero-order valence-corrected chi connectivity index (χ0v) is 13.7. The van der Waals surface area contributed by atoms with Crippen LogP contribution in [0.25, 0.3) is 10.9 Å². The van der Waals surface area contributed by atoms with Crippen molar-refractivity contribution in [3.8, 4) is 5.75 Å². The van der Waals surface area contributed by atoms with E-state index in [1.165, 1.54) is 18.9 Å². The quantitative estimate of drug-likeness (QED) is 0.919. The zero-order chi connectivity index (χ0) is 16.5. The molecule has 1 amide bonds. The van der Waals surface area contributed by atoms with Crippen molar-refractivity contribution >= 4 is 16.8 Å². The van der Waals surface area contributed by atoms with Crippen molar-refractivity contribution in [1.82, 2.24) is 9.88 Å². The number of fused-ring (bicyclic) bond motifs is 1. The Morgan fingerprint density at radius 2 is 1.79 bits per heavy atom. The van der Waals surface area contributed by atoms with Gasteiger partial charge in [0.15, 0.2) is 6.61 Å². The number of carbonyl (C=O) groups is 1. The predicted octanol–water partition coefficient (Wildman–Crippen LogP) is 2.84. The van der Waals surface area contributed by atoms with Crippen molar-refractivity contribution in [2.75, 3.05) is 6.61 Å². The van der Waals surface area contributed by atoms with E-state index >= 15 is 0 Å². The molecule has 1 heterocycles. The third kappa shape index (κ3) is 3.16. The number of carbonyl (C=O) groups excluding carboxylic acids is 1. The minimum Gasteiger partial charge on any atom is -0.484 e. The van der Waals surface area contributed by atoms with Gasteiger partial charge in [-0.15, -0.1) is 0 Å². The molecule has 0 radical (unpaired) electrons. The van der Waals surface area contributed by atoms with E-state index < -0.39 is 0 Å². The first-order chi connectivity index (χ1) is 11.7. The van der Waals surface area contributed by atoms with Gasteiger partial charge in [0.2, 0.25) is 5.56 Å². The Morgan fingerprint density at radius 1 is 1.08 bits per heavy atom. The number of H-pyrrole nitrogens is 1. The maximum Gasteiger partial charge on any atom is 0.261 e. The molecule has 5 heteroatoms. The van der Waals surface area contributed by atoms with Crippen LogP contribution in [0.15, 0.2) is 35.1 Å². The average Bonchev–Trinajstić information content (AvgIpc) is 3.26. The summed E-state index contributed by atoms with van der Waals surface area (Å²) in [4.78, 5) is 28.9. The first-order valence-corrected chi connectivity index (χ1v) is 8.78. The van der Waals surface area contributed by atoms with Crippen LogP contribution in [0, 0.1) is 0 Å². The molecule has 5 nitrogen and oxygen atoms in total. The number of nitrogens with zero attached hydrogens (tertiary/aromatic N) is 1. The SMILES string of the molecule is O=C(COc1ccc2ccc(=O)[nH]c2c1)N(C1CCCC1)C1CC1. The number of aromatic nitrogens is 1. The number of hydrogen-bond acceptors (Lipinski definition) is 3. The van der Waals surface area contributed by atoms with Crippen LogP contribution in [-0.4, -0.2) is 34.5 Å². The van der Waals surface area contributed by atoms with Gasteiger partial charge in [-0.3, -0.25) is 9.59 Å². The van der Waals surface area contributed by atoms with Crippen LogP contribution in [0.1, 0.15) is 38.5 Å². The van der Waals surface area contributed by atoms with E-state index in [0.29, 0.717) is 17.8 Å². The Balaban J connectivity index is 1.45. The Morgan fingerprint density at radius 3 is 2.54 bits per heavy atom. The fraction of sp³-hybridized carbons (Fsp3) is 0.474. The second-order valence-corrected chi connectivity index (χ2v) is 6.83. The largest absolute Gasteiger partial charge is 0.484 e. The summed E-state index contributed by atoms with van der Waals surface area (Å²) in [5, 5.41) is 0.943. The molecule has 0 bridgehead atoms. The average molecular weight is 326 g/mol. The van der Waals surface area contributed by atoms with Gasteiger partial charge in [0.25, 0.3) is 5.91 Å². The summed E-state index contributed by atoms with van der Waals surface area (Å²) >= 11 is 0. The van der Waals surface area contributed by atoms with E-state index in [2.05, 4.69) is 9.88 Å². The van der Waals surface area contributed by atoms with E-state index in [-0.39, 0.29) is 18.1 Å². The standard InChI is InChI=1S/C19H22N2O3/c22-18-10-6-13-5-9-16(11-17(13)20-18)24-12-19(23)21(15-7-8-15)14-3-1-2-4-14/h5-6,9-11,14-15H,1-4,7-8,12H2,(H,20,22). The highest BCUT2D eigenvalue weighted by Gasteiger charge is 2.38. The highest BCUT2D eigenvalue weighted by Crippen LogP contribution is 2.34. The molecular weight excluding hydrogens is 304 g/mol. The van der Waals surface area contributed by atoms with Gasteiger partial charge in [0.1, 0.15) is 5.75 Å². The molecule has 2 saturated carbocycles. The van der Waals surface area contributed by atoms with Gasteiger partial charge in [0.05, 0.1) is 5.52 Å². The Labute approximate surface area is 140 Å². The lowest BCUT2D eigenvalue weighted by Crippen LogP contribution is -2.43. The summed E-state index contributed by atoms with van der Waals surface area (Å²) in [6.07, 6.45) is 6.94. The van der Waals surface area contributed by atoms with E-state index in [0.717, 1.165) is 36.6 Å². The molecule has 0 spiro atoms. The van der Waals surface area contributed by atoms with Gasteiger partial charge < -0.3 is 14.6 Å². The molecule has 0 saturated heterocycles. The lowest BCUT2D eigenvalue weighted by molar-refractivity contribution is -0.136. The van der Waals surface area contributed by atoms with Crippen molar-refractivity contribution in [3.63, 3.8) is 0 Å². The molecule has 4 rings (SSSR count). The zero-order valence-electron chi connectivity index (χ0n) is 13.7. The number of benzene rings is 1. The highest BCUT2D eigenvalue weighted by molar-refractivity contribution is 5.81. The summed E-state index contributed by atoms with van der Waals surface area (Å²) in [5.74, 6) is 0.700. The van der Waals surface area contributed by atoms with E-state index in [4.69, 9.17) is 4.74 Å². The predicted molar refractivity (Wildman–Crippen MR) is 92.2 cm³/mol. The van der Waals surface area contributed by atoms with Crippen LogP contribution < -0.4 is 10.3 Å². The fourth-order valence-corrected chi connectivity index (χ4v) is 3.68. The topological polar surface area (TPSA) is 62.4 Å². The number of nitrogens with one attached hydrogen (secondary N) is 1. The van der Waals surface area contributed by atoms with Crippen molar-refractivity contribution in [3.05, 3.63) is 40.7 Å². The van der Waals surface area contributed by atoms with Crippen LogP contribution in [0.4, 0.5) is 0 Å². The lowest BCUT2D eigenvalue weighted by Gasteiger charge is -2.29. The fourth-order valence-electron chi connectivity index (χ4n) is 3.68. The first-order valence-electron chi connectivity index (χ1n) is 8.78. The third-order valence-electron chi connectivity index (χ3n) is 5.01. The number of aromatic amines is 1. The molecule has 2 fully saturated rings. The summed E-state index contributed by atoms with van der Waals surface area (Å²) in [5.41, 5.74) is 0.583. The first kappa shape index (κ1) is 15.2. The van der Waals surface area contributed by atoms with Crippen molar-refractivity contribution < 1.29 is 9.53 Å². The van der Waals surface area contributed by atoms with Gasteiger partial charge in [-0.2, -0.15) is 0 Å². The van der Waals surface area contributed by atoms with Gasteiger partial charge in [-0.1, -0.05) is 12.8 Å². The van der Waals surface area contributed by atoms with E-state index in [1.807, 2.05) is 12.1 Å². The summed E-state index contributed by atoms with van der Waals surface area (Å²) in [6, 6.07) is 9.62. The molecule has 1 N–H and O–H groups in total. The van der Waals surface area contributed by atoms with Crippen molar-refractivity contribution in [2.24, 2.45) is 0 Å². The Bertz CT molecular complexity index is 804. The molecule has 0 unspecified atom stereocenters.